The first kappa shape index (κ1) is 11.5. The van der Waals surface area contributed by atoms with Gasteiger partial charge in [0.1, 0.15) is 5.41 Å². The van der Waals surface area contributed by atoms with Crippen LogP contribution in [0.5, 0.6) is 0 Å². The summed E-state index contributed by atoms with van der Waals surface area (Å²) in [7, 11) is 0. The Morgan fingerprint density at radius 3 is 2.25 bits per heavy atom. The summed E-state index contributed by atoms with van der Waals surface area (Å²) in [6.45, 7) is 0. The Morgan fingerprint density at radius 1 is 0.950 bits per heavy atom. The molecule has 3 heteroatoms. The molecule has 3 saturated carbocycles. The van der Waals surface area contributed by atoms with E-state index in [9.17, 15) is 9.59 Å². The lowest BCUT2D eigenvalue weighted by atomic mass is 9.59. The van der Waals surface area contributed by atoms with Crippen LogP contribution in [0.4, 0.5) is 0 Å². The number of carbonyl (C=O) groups is 2. The Balaban J connectivity index is 1.51. The lowest BCUT2D eigenvalue weighted by Crippen LogP contribution is -2.73. The Kier molecular flexibility index (Phi) is 1.94. The number of hydrogen-bond acceptors (Lipinski definition) is 2. The van der Waals surface area contributed by atoms with E-state index in [1.54, 1.807) is 4.90 Å². The molecule has 2 spiro atoms. The molecule has 1 heterocycles. The second kappa shape index (κ2) is 3.37. The Hall–Kier alpha value is -1.12. The molecule has 1 saturated heterocycles. The first-order valence-electron chi connectivity index (χ1n) is 8.28. The van der Waals surface area contributed by atoms with Gasteiger partial charge in [0.2, 0.25) is 11.8 Å². The number of rotatable bonds is 1. The number of carbonyl (C=O) groups excluding carboxylic acids is 2. The van der Waals surface area contributed by atoms with Gasteiger partial charge in [0.05, 0.1) is 0 Å². The summed E-state index contributed by atoms with van der Waals surface area (Å²) in [6, 6.07) is 0.216. The van der Waals surface area contributed by atoms with Crippen LogP contribution >= 0.6 is 0 Å². The van der Waals surface area contributed by atoms with Crippen molar-refractivity contribution in [1.82, 2.24) is 4.90 Å². The molecule has 0 N–H and O–H groups in total. The number of allylic oxidation sites excluding steroid dienone is 2. The smallest absolute Gasteiger partial charge is 0.246 e. The van der Waals surface area contributed by atoms with Crippen LogP contribution in [0, 0.1) is 22.7 Å². The van der Waals surface area contributed by atoms with E-state index in [0.29, 0.717) is 5.92 Å². The van der Waals surface area contributed by atoms with Gasteiger partial charge in [-0.3, -0.25) is 14.5 Å². The van der Waals surface area contributed by atoms with Gasteiger partial charge in [-0.05, 0) is 38.0 Å². The van der Waals surface area contributed by atoms with E-state index in [1.807, 2.05) is 0 Å². The third-order valence-corrected chi connectivity index (χ3v) is 6.98. The largest absolute Gasteiger partial charge is 0.278 e. The van der Waals surface area contributed by atoms with Crippen molar-refractivity contribution >= 4 is 11.8 Å². The summed E-state index contributed by atoms with van der Waals surface area (Å²) in [5.41, 5.74) is -0.560. The number of hydrogen-bond donors (Lipinski definition) is 0. The SMILES string of the molecule is O=C1N(C2CCCCC2)C(=O)C12C1C=CC(C1)C21CC1. The zero-order valence-electron chi connectivity index (χ0n) is 11.8. The fraction of sp³-hybridized carbons (Fsp3) is 0.765. The summed E-state index contributed by atoms with van der Waals surface area (Å²) in [4.78, 5) is 27.7. The molecular weight excluding hydrogens is 250 g/mol. The second-order valence-corrected chi connectivity index (χ2v) is 7.57. The normalized spacial score (nSPS) is 39.9. The van der Waals surface area contributed by atoms with Crippen LogP contribution < -0.4 is 0 Å². The van der Waals surface area contributed by atoms with E-state index in [-0.39, 0.29) is 29.2 Å². The summed E-state index contributed by atoms with van der Waals surface area (Å²) in [5.74, 6) is 1.12. The van der Waals surface area contributed by atoms with Crippen molar-refractivity contribution in [1.29, 1.82) is 0 Å². The molecule has 20 heavy (non-hydrogen) atoms. The minimum absolute atomic E-state index is 0.0474. The van der Waals surface area contributed by atoms with Crippen molar-refractivity contribution < 1.29 is 9.59 Å². The van der Waals surface area contributed by atoms with Crippen molar-refractivity contribution in [3.63, 3.8) is 0 Å². The lowest BCUT2D eigenvalue weighted by molar-refractivity contribution is -0.190. The predicted molar refractivity (Wildman–Crippen MR) is 73.6 cm³/mol. The second-order valence-electron chi connectivity index (χ2n) is 7.57. The lowest BCUT2D eigenvalue weighted by Gasteiger charge is -2.55. The zero-order chi connectivity index (χ0) is 13.5. The molecule has 4 aliphatic carbocycles. The van der Waals surface area contributed by atoms with E-state index < -0.39 is 5.41 Å². The number of nitrogens with zero attached hydrogens (tertiary/aromatic N) is 1. The first-order valence-corrected chi connectivity index (χ1v) is 8.28. The number of amides is 2. The molecule has 2 atom stereocenters. The average Bonchev–Trinajstić information content (AvgIpc) is 3.00. The van der Waals surface area contributed by atoms with Gasteiger partial charge in [-0.25, -0.2) is 0 Å². The number of imide groups is 1. The van der Waals surface area contributed by atoms with Gasteiger partial charge in [-0.1, -0.05) is 31.4 Å². The van der Waals surface area contributed by atoms with Crippen molar-refractivity contribution in [2.45, 2.75) is 57.4 Å². The van der Waals surface area contributed by atoms with Crippen LogP contribution in [0.1, 0.15) is 51.4 Å². The first-order chi connectivity index (χ1) is 9.72. The van der Waals surface area contributed by atoms with Gasteiger partial charge in [0.25, 0.3) is 0 Å². The molecule has 4 fully saturated rings. The van der Waals surface area contributed by atoms with Gasteiger partial charge >= 0.3 is 0 Å². The highest BCUT2D eigenvalue weighted by Gasteiger charge is 2.83. The van der Waals surface area contributed by atoms with Gasteiger partial charge in [0, 0.05) is 17.4 Å². The topological polar surface area (TPSA) is 37.4 Å². The molecule has 5 aliphatic rings. The zero-order valence-corrected chi connectivity index (χ0v) is 11.8. The molecule has 2 amide bonds. The minimum Gasteiger partial charge on any atom is -0.278 e. The highest BCUT2D eigenvalue weighted by atomic mass is 16.2. The molecular formula is C17H21NO2. The highest BCUT2D eigenvalue weighted by molar-refractivity contribution is 6.24. The molecule has 0 aromatic rings. The number of likely N-dealkylation sites (tertiary alicyclic amines) is 1. The van der Waals surface area contributed by atoms with Crippen LogP contribution in [0.3, 0.4) is 0 Å². The molecule has 0 aromatic carbocycles. The van der Waals surface area contributed by atoms with Crippen molar-refractivity contribution in [3.05, 3.63) is 12.2 Å². The molecule has 106 valence electrons. The molecule has 5 rings (SSSR count). The maximum absolute atomic E-state index is 13.0. The number of fused-ring (bicyclic) bond motifs is 5. The molecule has 0 radical (unpaired) electrons. The van der Waals surface area contributed by atoms with Crippen molar-refractivity contribution in [3.8, 4) is 0 Å². The number of β-lactam (4-membered cyclic amide) rings is 2. The Morgan fingerprint density at radius 2 is 1.60 bits per heavy atom. The molecule has 2 bridgehead atoms. The van der Waals surface area contributed by atoms with Crippen LogP contribution in [0.25, 0.3) is 0 Å². The van der Waals surface area contributed by atoms with Crippen LogP contribution in [0.2, 0.25) is 0 Å². The Labute approximate surface area is 119 Å². The third-order valence-electron chi connectivity index (χ3n) is 6.98. The molecule has 1 aliphatic heterocycles. The van der Waals surface area contributed by atoms with E-state index >= 15 is 0 Å². The van der Waals surface area contributed by atoms with Gasteiger partial charge in [-0.2, -0.15) is 0 Å². The Bertz CT molecular complexity index is 523. The summed E-state index contributed by atoms with van der Waals surface area (Å²) >= 11 is 0. The quantitative estimate of drug-likeness (QED) is 0.418. The van der Waals surface area contributed by atoms with Crippen LogP contribution in [-0.2, 0) is 9.59 Å². The summed E-state index contributed by atoms with van der Waals surface area (Å²) in [6.07, 6.45) is 13.4. The fourth-order valence-electron chi connectivity index (χ4n) is 5.92. The molecule has 3 nitrogen and oxygen atoms in total. The standard InChI is InChI=1S/C17H21NO2/c19-14-17(12-7-6-11(10-12)16(17)8-9-16)15(20)18(14)13-4-2-1-3-5-13/h6-7,11-13H,1-5,8-10H2. The van der Waals surface area contributed by atoms with E-state index in [2.05, 4.69) is 12.2 Å². The van der Waals surface area contributed by atoms with Crippen molar-refractivity contribution in [2.24, 2.45) is 22.7 Å². The van der Waals surface area contributed by atoms with Crippen molar-refractivity contribution in [2.75, 3.05) is 0 Å². The summed E-state index contributed by atoms with van der Waals surface area (Å²) < 4.78 is 0. The average molecular weight is 271 g/mol. The third kappa shape index (κ3) is 0.981. The molecule has 2 unspecified atom stereocenters. The van der Waals surface area contributed by atoms with Gasteiger partial charge in [0.15, 0.2) is 0 Å². The van der Waals surface area contributed by atoms with Gasteiger partial charge < -0.3 is 0 Å². The monoisotopic (exact) mass is 271 g/mol. The van der Waals surface area contributed by atoms with E-state index in [1.165, 1.54) is 19.3 Å². The van der Waals surface area contributed by atoms with Crippen LogP contribution in [-0.4, -0.2) is 22.8 Å². The minimum atomic E-state index is -0.607. The van der Waals surface area contributed by atoms with Crippen LogP contribution in [0.15, 0.2) is 12.2 Å². The van der Waals surface area contributed by atoms with E-state index in [4.69, 9.17) is 0 Å². The maximum Gasteiger partial charge on any atom is 0.246 e. The molecule has 0 aromatic heterocycles. The maximum atomic E-state index is 13.0. The van der Waals surface area contributed by atoms with E-state index in [0.717, 1.165) is 32.1 Å². The predicted octanol–water partition coefficient (Wildman–Crippen LogP) is 2.66. The van der Waals surface area contributed by atoms with Gasteiger partial charge in [-0.15, -0.1) is 0 Å². The highest BCUT2D eigenvalue weighted by Crippen LogP contribution is 2.78. The fourth-order valence-corrected chi connectivity index (χ4v) is 5.92. The summed E-state index contributed by atoms with van der Waals surface area (Å²) in [5, 5.41) is 0.